The summed E-state index contributed by atoms with van der Waals surface area (Å²) >= 11 is 0. The molecule has 4 aromatic rings. The Hall–Kier alpha value is -4.38. The van der Waals surface area contributed by atoms with E-state index < -0.39 is 17.4 Å². The molecule has 0 spiro atoms. The summed E-state index contributed by atoms with van der Waals surface area (Å²) in [5.74, 6) is 0.997. The van der Waals surface area contributed by atoms with Crippen molar-refractivity contribution in [1.29, 1.82) is 0 Å². The van der Waals surface area contributed by atoms with E-state index in [1.165, 1.54) is 33.3 Å². The second-order valence-electron chi connectivity index (χ2n) is 8.15. The van der Waals surface area contributed by atoms with E-state index >= 15 is 0 Å². The highest BCUT2D eigenvalue weighted by molar-refractivity contribution is 5.81. The molecule has 11 nitrogen and oxygen atoms in total. The van der Waals surface area contributed by atoms with E-state index in [0.717, 1.165) is 11.1 Å². The molecule has 11 heteroatoms. The maximum absolute atomic E-state index is 12.7. The molecule has 1 unspecified atom stereocenters. The van der Waals surface area contributed by atoms with Crippen LogP contribution < -0.4 is 21.0 Å². The van der Waals surface area contributed by atoms with Crippen molar-refractivity contribution in [3.8, 4) is 11.5 Å². The number of aliphatic hydroxyl groups is 1. The topological polar surface area (TPSA) is 138 Å². The first-order valence-electron chi connectivity index (χ1n) is 10.9. The zero-order chi connectivity index (χ0) is 25.1. The number of aromatic nitrogens is 4. The lowest BCUT2D eigenvalue weighted by atomic mass is 10.2. The molecule has 3 N–H and O–H groups in total. The molecule has 2 heterocycles. The summed E-state index contributed by atoms with van der Waals surface area (Å²) in [6.07, 6.45) is 0.571. The number of rotatable bonds is 8. The monoisotopic (exact) mass is 478 g/mol. The standard InChI is InChI=1S/C24H26N6O5/c1-15-4-10-19(11-5-15)35-14-18(32)13-30-20-21(28(2)24(34)27-22(20)33)26-23(30)29(3)25-12-16-6-8-17(31)9-7-16/h4-12,18,31-32H,13-14H2,1-3H3,(H,27,33,34). The maximum Gasteiger partial charge on any atom is 0.329 e. The number of aromatic hydroxyl groups is 1. The number of anilines is 1. The molecule has 0 saturated carbocycles. The lowest BCUT2D eigenvalue weighted by Crippen LogP contribution is -2.31. The van der Waals surface area contributed by atoms with Crippen LogP contribution in [-0.4, -0.2) is 55.3 Å². The van der Waals surface area contributed by atoms with Gasteiger partial charge in [-0.15, -0.1) is 0 Å². The van der Waals surface area contributed by atoms with Gasteiger partial charge >= 0.3 is 5.69 Å². The number of ether oxygens (including phenoxy) is 1. The highest BCUT2D eigenvalue weighted by atomic mass is 16.5. The second kappa shape index (κ2) is 9.85. The molecule has 0 amide bonds. The third-order valence-electron chi connectivity index (χ3n) is 5.41. The summed E-state index contributed by atoms with van der Waals surface area (Å²) < 4.78 is 8.41. The number of hydrogen-bond donors (Lipinski definition) is 3. The molecule has 0 aliphatic rings. The van der Waals surface area contributed by atoms with Gasteiger partial charge in [0.25, 0.3) is 5.56 Å². The highest BCUT2D eigenvalue weighted by Gasteiger charge is 2.22. The molecule has 0 bridgehead atoms. The molecule has 4 rings (SSSR count). The predicted molar refractivity (Wildman–Crippen MR) is 132 cm³/mol. The minimum Gasteiger partial charge on any atom is -0.508 e. The van der Waals surface area contributed by atoms with Gasteiger partial charge in [-0.05, 0) is 48.9 Å². The fourth-order valence-electron chi connectivity index (χ4n) is 3.50. The number of phenolic OH excluding ortho intramolecular Hbond substituents is 1. The van der Waals surface area contributed by atoms with Gasteiger partial charge in [0.1, 0.15) is 24.2 Å². The summed E-state index contributed by atoms with van der Waals surface area (Å²) in [5.41, 5.74) is 0.888. The SMILES string of the molecule is Cc1ccc(OCC(O)Cn2c(N(C)N=Cc3ccc(O)cc3)nc3c2c(=O)[nH]c(=O)n3C)cc1. The molecule has 1 atom stereocenters. The number of H-pyrrole nitrogens is 1. The Kier molecular flexibility index (Phi) is 6.69. The molecule has 0 aliphatic heterocycles. The van der Waals surface area contributed by atoms with Gasteiger partial charge in [0.2, 0.25) is 5.95 Å². The number of aromatic amines is 1. The third kappa shape index (κ3) is 5.25. The average molecular weight is 479 g/mol. The van der Waals surface area contributed by atoms with Crippen molar-refractivity contribution < 1.29 is 14.9 Å². The van der Waals surface area contributed by atoms with Crippen molar-refractivity contribution in [2.24, 2.45) is 12.1 Å². The molecule has 0 saturated heterocycles. The first kappa shape index (κ1) is 23.8. The van der Waals surface area contributed by atoms with E-state index in [2.05, 4.69) is 15.1 Å². The van der Waals surface area contributed by atoms with Gasteiger partial charge in [-0.3, -0.25) is 18.9 Å². The van der Waals surface area contributed by atoms with E-state index in [1.807, 2.05) is 31.2 Å². The van der Waals surface area contributed by atoms with Gasteiger partial charge < -0.3 is 14.9 Å². The summed E-state index contributed by atoms with van der Waals surface area (Å²) in [6.45, 7) is 1.92. The van der Waals surface area contributed by atoms with Crippen LogP contribution in [0.15, 0.2) is 63.2 Å². The minimum atomic E-state index is -0.987. The van der Waals surface area contributed by atoms with Crippen LogP contribution in [-0.2, 0) is 13.6 Å². The number of nitrogens with one attached hydrogen (secondary N) is 1. The maximum atomic E-state index is 12.7. The number of imidazole rings is 1. The van der Waals surface area contributed by atoms with Crippen molar-refractivity contribution in [3.05, 3.63) is 80.5 Å². The normalized spacial score (nSPS) is 12.3. The quantitative estimate of drug-likeness (QED) is 0.257. The van der Waals surface area contributed by atoms with Crippen LogP contribution in [0.25, 0.3) is 11.2 Å². The van der Waals surface area contributed by atoms with Crippen molar-refractivity contribution in [3.63, 3.8) is 0 Å². The molecular weight excluding hydrogens is 452 g/mol. The van der Waals surface area contributed by atoms with Gasteiger partial charge in [0.05, 0.1) is 12.8 Å². The number of hydrogen-bond acceptors (Lipinski definition) is 8. The average Bonchev–Trinajstić information content (AvgIpc) is 3.21. The van der Waals surface area contributed by atoms with Gasteiger partial charge in [-0.2, -0.15) is 10.1 Å². The zero-order valence-electron chi connectivity index (χ0n) is 19.5. The minimum absolute atomic E-state index is 0.0215. The number of nitrogens with zero attached hydrogens (tertiary/aromatic N) is 5. The molecule has 182 valence electrons. The predicted octanol–water partition coefficient (Wildman–Crippen LogP) is 1.35. The zero-order valence-corrected chi connectivity index (χ0v) is 19.5. The Bertz CT molecular complexity index is 1470. The van der Waals surface area contributed by atoms with Crippen LogP contribution in [0.2, 0.25) is 0 Å². The summed E-state index contributed by atoms with van der Waals surface area (Å²) in [4.78, 5) is 31.5. The number of fused-ring (bicyclic) bond motifs is 1. The molecule has 0 fully saturated rings. The fraction of sp³-hybridized carbons (Fsp3) is 0.250. The van der Waals surface area contributed by atoms with Crippen molar-refractivity contribution in [1.82, 2.24) is 19.1 Å². The molecular formula is C24H26N6O5. The van der Waals surface area contributed by atoms with E-state index in [1.54, 1.807) is 25.4 Å². The van der Waals surface area contributed by atoms with Crippen LogP contribution in [0.1, 0.15) is 11.1 Å². The Morgan fingerprint density at radius 2 is 1.86 bits per heavy atom. The van der Waals surface area contributed by atoms with Gasteiger partial charge in [-0.25, -0.2) is 9.80 Å². The Labute approximate surface area is 200 Å². The smallest absolute Gasteiger partial charge is 0.329 e. The Morgan fingerprint density at radius 3 is 2.54 bits per heavy atom. The first-order chi connectivity index (χ1) is 16.7. The van der Waals surface area contributed by atoms with Crippen LogP contribution in [0.5, 0.6) is 11.5 Å². The van der Waals surface area contributed by atoms with Crippen molar-refractivity contribution >= 4 is 23.3 Å². The van der Waals surface area contributed by atoms with Gasteiger partial charge in [-0.1, -0.05) is 17.7 Å². The number of hydrazone groups is 1. The molecule has 0 aliphatic carbocycles. The van der Waals surface area contributed by atoms with E-state index in [4.69, 9.17) is 4.74 Å². The van der Waals surface area contributed by atoms with Gasteiger partial charge in [0.15, 0.2) is 11.2 Å². The summed E-state index contributed by atoms with van der Waals surface area (Å²) in [6, 6.07) is 13.9. The van der Waals surface area contributed by atoms with E-state index in [9.17, 15) is 19.8 Å². The number of aliphatic hydroxyl groups excluding tert-OH is 1. The summed E-state index contributed by atoms with van der Waals surface area (Å²) in [7, 11) is 3.13. The molecule has 2 aromatic carbocycles. The van der Waals surface area contributed by atoms with Crippen LogP contribution in [0.4, 0.5) is 5.95 Å². The second-order valence-corrected chi connectivity index (χ2v) is 8.15. The fourth-order valence-corrected chi connectivity index (χ4v) is 3.50. The Balaban J connectivity index is 1.65. The van der Waals surface area contributed by atoms with Gasteiger partial charge in [0, 0.05) is 14.1 Å². The van der Waals surface area contributed by atoms with Crippen molar-refractivity contribution in [2.75, 3.05) is 18.7 Å². The highest BCUT2D eigenvalue weighted by Crippen LogP contribution is 2.20. The van der Waals surface area contributed by atoms with Crippen LogP contribution in [0, 0.1) is 6.92 Å². The van der Waals surface area contributed by atoms with E-state index in [0.29, 0.717) is 5.75 Å². The number of benzene rings is 2. The number of phenols is 1. The third-order valence-corrected chi connectivity index (χ3v) is 5.41. The Morgan fingerprint density at radius 1 is 1.17 bits per heavy atom. The van der Waals surface area contributed by atoms with Crippen LogP contribution >= 0.6 is 0 Å². The lowest BCUT2D eigenvalue weighted by Gasteiger charge is -2.18. The molecule has 35 heavy (non-hydrogen) atoms. The lowest BCUT2D eigenvalue weighted by molar-refractivity contribution is 0.0936. The largest absolute Gasteiger partial charge is 0.508 e. The number of aryl methyl sites for hydroxylation is 2. The molecule has 0 radical (unpaired) electrons. The van der Waals surface area contributed by atoms with Crippen molar-refractivity contribution in [2.45, 2.75) is 19.6 Å². The first-order valence-corrected chi connectivity index (χ1v) is 10.9. The van der Waals surface area contributed by atoms with Crippen LogP contribution in [0.3, 0.4) is 0 Å². The summed E-state index contributed by atoms with van der Waals surface area (Å²) in [5, 5.41) is 26.0. The van der Waals surface area contributed by atoms with E-state index in [-0.39, 0.29) is 36.0 Å². The molecule has 2 aromatic heterocycles.